The van der Waals surface area contributed by atoms with Gasteiger partial charge in [-0.1, -0.05) is 11.6 Å². The molecule has 0 radical (unpaired) electrons. The number of fused-ring (bicyclic) bond motifs is 1. The summed E-state index contributed by atoms with van der Waals surface area (Å²) >= 11 is 5.95. The van der Waals surface area contributed by atoms with Crippen molar-refractivity contribution in [3.8, 4) is 0 Å². The SMILES string of the molecule is O=C(O)c1c[nH]c2c(F)cc(Cc3cc(C(F)(F)F)ccc3Cl)cc2c1=O. The van der Waals surface area contributed by atoms with E-state index in [1.54, 1.807) is 0 Å². The van der Waals surface area contributed by atoms with Crippen LogP contribution in [0.4, 0.5) is 17.6 Å². The molecule has 3 rings (SSSR count). The number of pyridine rings is 1. The quantitative estimate of drug-likeness (QED) is 0.631. The Morgan fingerprint density at radius 1 is 1.19 bits per heavy atom. The zero-order valence-corrected chi connectivity index (χ0v) is 14.1. The van der Waals surface area contributed by atoms with Gasteiger partial charge in [0.15, 0.2) is 0 Å². The molecule has 4 nitrogen and oxygen atoms in total. The first-order valence-corrected chi connectivity index (χ1v) is 7.88. The van der Waals surface area contributed by atoms with E-state index in [4.69, 9.17) is 16.7 Å². The molecule has 9 heteroatoms. The van der Waals surface area contributed by atoms with Gasteiger partial charge in [-0.2, -0.15) is 13.2 Å². The van der Waals surface area contributed by atoms with Crippen LogP contribution in [-0.4, -0.2) is 16.1 Å². The van der Waals surface area contributed by atoms with Gasteiger partial charge < -0.3 is 10.1 Å². The smallest absolute Gasteiger partial charge is 0.416 e. The highest BCUT2D eigenvalue weighted by Crippen LogP contribution is 2.32. The number of hydrogen-bond acceptors (Lipinski definition) is 2. The van der Waals surface area contributed by atoms with E-state index in [1.807, 2.05) is 0 Å². The number of nitrogens with one attached hydrogen (secondary N) is 1. The minimum Gasteiger partial charge on any atom is -0.477 e. The maximum absolute atomic E-state index is 14.3. The molecule has 0 aliphatic heterocycles. The maximum Gasteiger partial charge on any atom is 0.416 e. The van der Waals surface area contributed by atoms with Gasteiger partial charge >= 0.3 is 12.1 Å². The van der Waals surface area contributed by atoms with Gasteiger partial charge in [0.05, 0.1) is 11.1 Å². The van der Waals surface area contributed by atoms with Crippen LogP contribution in [0.3, 0.4) is 0 Å². The molecule has 2 N–H and O–H groups in total. The largest absolute Gasteiger partial charge is 0.477 e. The summed E-state index contributed by atoms with van der Waals surface area (Å²) in [7, 11) is 0. The molecule has 1 aromatic heterocycles. The van der Waals surface area contributed by atoms with E-state index in [2.05, 4.69) is 4.98 Å². The van der Waals surface area contributed by atoms with Crippen molar-refractivity contribution in [2.24, 2.45) is 0 Å². The minimum absolute atomic E-state index is 0.0525. The molecule has 0 unspecified atom stereocenters. The van der Waals surface area contributed by atoms with Crippen molar-refractivity contribution in [1.29, 1.82) is 0 Å². The summed E-state index contributed by atoms with van der Waals surface area (Å²) in [5, 5.41) is 8.84. The van der Waals surface area contributed by atoms with Crippen molar-refractivity contribution in [3.63, 3.8) is 0 Å². The number of aromatic amines is 1. The molecule has 0 saturated carbocycles. The number of carboxylic acids is 1. The third-order valence-electron chi connectivity index (χ3n) is 4.00. The third-order valence-corrected chi connectivity index (χ3v) is 4.37. The number of benzene rings is 2. The van der Waals surface area contributed by atoms with E-state index in [-0.39, 0.29) is 33.5 Å². The van der Waals surface area contributed by atoms with Crippen LogP contribution in [0.1, 0.15) is 27.0 Å². The molecule has 0 amide bonds. The zero-order valence-electron chi connectivity index (χ0n) is 13.3. The number of carbonyl (C=O) groups is 1. The molecule has 3 aromatic rings. The molecular formula is C18H10ClF4NO3. The topological polar surface area (TPSA) is 70.2 Å². The number of H-pyrrole nitrogens is 1. The molecule has 0 spiro atoms. The number of aromatic nitrogens is 1. The Morgan fingerprint density at radius 2 is 1.89 bits per heavy atom. The van der Waals surface area contributed by atoms with Gasteiger partial charge in [-0.3, -0.25) is 4.79 Å². The summed E-state index contributed by atoms with van der Waals surface area (Å²) < 4.78 is 52.9. The predicted molar refractivity (Wildman–Crippen MR) is 90.7 cm³/mol. The summed E-state index contributed by atoms with van der Waals surface area (Å²) in [6.07, 6.45) is -3.85. The molecule has 0 aliphatic carbocycles. The van der Waals surface area contributed by atoms with E-state index in [1.165, 1.54) is 6.07 Å². The fraction of sp³-hybridized carbons (Fsp3) is 0.111. The Kier molecular flexibility index (Phi) is 4.69. The van der Waals surface area contributed by atoms with Crippen LogP contribution in [0, 0.1) is 5.82 Å². The highest BCUT2D eigenvalue weighted by Gasteiger charge is 2.31. The number of rotatable bonds is 3. The van der Waals surface area contributed by atoms with Crippen molar-refractivity contribution < 1.29 is 27.5 Å². The number of alkyl halides is 3. The fourth-order valence-corrected chi connectivity index (χ4v) is 2.90. The molecule has 0 bridgehead atoms. The zero-order chi connectivity index (χ0) is 19.9. The first-order chi connectivity index (χ1) is 12.6. The fourth-order valence-electron chi connectivity index (χ4n) is 2.71. The highest BCUT2D eigenvalue weighted by atomic mass is 35.5. The van der Waals surface area contributed by atoms with E-state index in [0.29, 0.717) is 0 Å². The van der Waals surface area contributed by atoms with Crippen molar-refractivity contribution in [2.75, 3.05) is 0 Å². The number of aromatic carboxylic acids is 1. The Bertz CT molecular complexity index is 1120. The summed E-state index contributed by atoms with van der Waals surface area (Å²) in [6, 6.07) is 5.06. The standard InChI is InChI=1S/C18H10ClF4NO3/c19-13-2-1-10(18(21,22)23)6-9(13)3-8-4-11-15(14(20)5-8)24-7-12(16(11)25)17(26)27/h1-2,4-7H,3H2,(H,24,25)(H,26,27). The van der Waals surface area contributed by atoms with Crippen LogP contribution >= 0.6 is 11.6 Å². The van der Waals surface area contributed by atoms with E-state index >= 15 is 0 Å². The normalized spacial score (nSPS) is 11.7. The Hall–Kier alpha value is -2.87. The Morgan fingerprint density at radius 3 is 2.52 bits per heavy atom. The lowest BCUT2D eigenvalue weighted by atomic mass is 10.00. The lowest BCUT2D eigenvalue weighted by Crippen LogP contribution is -2.16. The molecular weight excluding hydrogens is 390 g/mol. The minimum atomic E-state index is -4.57. The summed E-state index contributed by atoms with van der Waals surface area (Å²) in [5.74, 6) is -2.32. The average molecular weight is 400 g/mol. The van der Waals surface area contributed by atoms with Gasteiger partial charge in [0.2, 0.25) is 5.43 Å². The van der Waals surface area contributed by atoms with Gasteiger partial charge in [-0.25, -0.2) is 9.18 Å². The molecule has 0 aliphatic rings. The van der Waals surface area contributed by atoms with Crippen LogP contribution in [0.15, 0.2) is 41.3 Å². The monoisotopic (exact) mass is 399 g/mol. The van der Waals surface area contributed by atoms with Gasteiger partial charge in [-0.15, -0.1) is 0 Å². The van der Waals surface area contributed by atoms with Crippen LogP contribution in [0.2, 0.25) is 5.02 Å². The highest BCUT2D eigenvalue weighted by molar-refractivity contribution is 6.31. The second-order valence-electron chi connectivity index (χ2n) is 5.82. The lowest BCUT2D eigenvalue weighted by molar-refractivity contribution is -0.137. The molecule has 0 saturated heterocycles. The number of carboxylic acid groups (broad SMARTS) is 1. The first kappa shape index (κ1) is 18.9. The second-order valence-corrected chi connectivity index (χ2v) is 6.22. The van der Waals surface area contributed by atoms with Crippen molar-refractivity contribution in [1.82, 2.24) is 4.98 Å². The van der Waals surface area contributed by atoms with Gasteiger partial charge in [0.25, 0.3) is 0 Å². The van der Waals surface area contributed by atoms with Gasteiger partial charge in [0.1, 0.15) is 11.4 Å². The van der Waals surface area contributed by atoms with E-state index in [0.717, 1.165) is 30.5 Å². The Labute approximate surface area is 154 Å². The molecule has 140 valence electrons. The number of halogens is 5. The molecule has 0 fully saturated rings. The lowest BCUT2D eigenvalue weighted by Gasteiger charge is -2.11. The molecule has 0 atom stereocenters. The first-order valence-electron chi connectivity index (χ1n) is 7.50. The van der Waals surface area contributed by atoms with Gasteiger partial charge in [-0.05, 0) is 47.9 Å². The Balaban J connectivity index is 2.12. The second kappa shape index (κ2) is 6.70. The van der Waals surface area contributed by atoms with E-state index < -0.39 is 34.5 Å². The van der Waals surface area contributed by atoms with Crippen molar-refractivity contribution in [3.05, 3.63) is 79.8 Å². The number of hydrogen-bond donors (Lipinski definition) is 2. The average Bonchev–Trinajstić information content (AvgIpc) is 2.56. The third kappa shape index (κ3) is 3.66. The summed E-state index contributed by atoms with van der Waals surface area (Å²) in [5.41, 5.74) is -2.30. The van der Waals surface area contributed by atoms with Crippen molar-refractivity contribution in [2.45, 2.75) is 12.6 Å². The molecule has 27 heavy (non-hydrogen) atoms. The van der Waals surface area contributed by atoms with Crippen molar-refractivity contribution >= 4 is 28.5 Å². The van der Waals surface area contributed by atoms with Crippen LogP contribution in [0.5, 0.6) is 0 Å². The maximum atomic E-state index is 14.3. The van der Waals surface area contributed by atoms with E-state index in [9.17, 15) is 27.2 Å². The summed E-state index contributed by atoms with van der Waals surface area (Å²) in [6.45, 7) is 0. The van der Waals surface area contributed by atoms with Crippen LogP contribution in [0.25, 0.3) is 10.9 Å². The van der Waals surface area contributed by atoms with Gasteiger partial charge in [0, 0.05) is 16.6 Å². The predicted octanol–water partition coefficient (Wildman–Crippen LogP) is 4.63. The molecule has 2 aromatic carbocycles. The van der Waals surface area contributed by atoms with Crippen LogP contribution < -0.4 is 5.43 Å². The molecule has 1 heterocycles. The van der Waals surface area contributed by atoms with Crippen LogP contribution in [-0.2, 0) is 12.6 Å². The summed E-state index contributed by atoms with van der Waals surface area (Å²) in [4.78, 5) is 25.7.